The third-order valence-corrected chi connectivity index (χ3v) is 3.19. The van der Waals surface area contributed by atoms with E-state index in [1.807, 2.05) is 0 Å². The van der Waals surface area contributed by atoms with Gasteiger partial charge >= 0.3 is 0 Å². The number of hydrogen-bond donors (Lipinski definition) is 2. The van der Waals surface area contributed by atoms with E-state index in [4.69, 9.17) is 0 Å². The normalized spacial score (nSPS) is 10.5. The number of hydrogen-bond acceptors (Lipinski definition) is 5. The van der Waals surface area contributed by atoms with Gasteiger partial charge in [0.1, 0.15) is 5.82 Å². The Hall–Kier alpha value is -3.62. The summed E-state index contributed by atoms with van der Waals surface area (Å²) in [6, 6.07) is 11.0. The zero-order valence-corrected chi connectivity index (χ0v) is 13.5. The first-order valence-corrected chi connectivity index (χ1v) is 7.56. The van der Waals surface area contributed by atoms with Gasteiger partial charge in [0.25, 0.3) is 5.69 Å². The van der Waals surface area contributed by atoms with Gasteiger partial charge in [0, 0.05) is 36.2 Å². The zero-order valence-electron chi connectivity index (χ0n) is 13.5. The van der Waals surface area contributed by atoms with Gasteiger partial charge in [0.2, 0.25) is 11.8 Å². The third kappa shape index (κ3) is 6.11. The molecule has 8 nitrogen and oxygen atoms in total. The molecule has 0 aromatic heterocycles. The van der Waals surface area contributed by atoms with E-state index in [9.17, 15) is 24.1 Å². The first-order valence-electron chi connectivity index (χ1n) is 7.56. The van der Waals surface area contributed by atoms with Crippen LogP contribution in [-0.2, 0) is 9.59 Å². The molecular weight excluding hydrogens is 343 g/mol. The van der Waals surface area contributed by atoms with Crippen molar-refractivity contribution in [2.75, 3.05) is 5.32 Å². The molecule has 0 aliphatic rings. The lowest BCUT2D eigenvalue weighted by molar-refractivity contribution is -0.384. The molecular formula is C17H15FN4O4. The Morgan fingerprint density at radius 1 is 1.12 bits per heavy atom. The number of nitrogens with one attached hydrogen (secondary N) is 2. The van der Waals surface area contributed by atoms with Crippen molar-refractivity contribution in [1.29, 1.82) is 0 Å². The van der Waals surface area contributed by atoms with Gasteiger partial charge in [-0.2, -0.15) is 5.10 Å². The fourth-order valence-electron chi connectivity index (χ4n) is 1.94. The number of nitro groups is 1. The Bertz CT molecular complexity index is 837. The summed E-state index contributed by atoms with van der Waals surface area (Å²) in [5.41, 5.74) is 3.04. The van der Waals surface area contributed by atoms with Gasteiger partial charge < -0.3 is 5.32 Å². The Morgan fingerprint density at radius 3 is 2.50 bits per heavy atom. The predicted octanol–water partition coefficient (Wildman–Crippen LogP) is 2.60. The first-order chi connectivity index (χ1) is 12.4. The van der Waals surface area contributed by atoms with Gasteiger partial charge in [-0.1, -0.05) is 12.1 Å². The Labute approximate surface area is 147 Å². The minimum absolute atomic E-state index is 0.0739. The summed E-state index contributed by atoms with van der Waals surface area (Å²) in [5, 5.41) is 16.9. The quantitative estimate of drug-likeness (QED) is 0.450. The van der Waals surface area contributed by atoms with E-state index in [1.165, 1.54) is 48.7 Å². The molecule has 0 bridgehead atoms. The molecule has 2 amide bonds. The predicted molar refractivity (Wildman–Crippen MR) is 93.1 cm³/mol. The van der Waals surface area contributed by atoms with E-state index in [0.717, 1.165) is 0 Å². The molecule has 0 aliphatic carbocycles. The number of hydrazone groups is 1. The van der Waals surface area contributed by atoms with Crippen LogP contribution in [0.5, 0.6) is 0 Å². The maximum absolute atomic E-state index is 12.8. The average Bonchev–Trinajstić information content (AvgIpc) is 2.62. The molecule has 0 heterocycles. The van der Waals surface area contributed by atoms with Crippen molar-refractivity contribution in [3.05, 3.63) is 70.0 Å². The smallest absolute Gasteiger partial charge is 0.270 e. The molecule has 0 spiro atoms. The van der Waals surface area contributed by atoms with Crippen LogP contribution in [0.25, 0.3) is 0 Å². The van der Waals surface area contributed by atoms with Crippen molar-refractivity contribution in [2.45, 2.75) is 12.8 Å². The highest BCUT2D eigenvalue weighted by Crippen LogP contribution is 2.11. The number of anilines is 1. The van der Waals surface area contributed by atoms with Crippen LogP contribution in [0.4, 0.5) is 15.8 Å². The fraction of sp³-hybridized carbons (Fsp3) is 0.118. The maximum Gasteiger partial charge on any atom is 0.270 e. The molecule has 2 aromatic carbocycles. The molecule has 2 rings (SSSR count). The largest absolute Gasteiger partial charge is 0.326 e. The second kappa shape index (κ2) is 9.02. The van der Waals surface area contributed by atoms with Crippen LogP contribution < -0.4 is 10.7 Å². The number of carbonyl (C=O) groups is 2. The summed E-state index contributed by atoms with van der Waals surface area (Å²) in [6.07, 6.45) is 1.10. The van der Waals surface area contributed by atoms with Gasteiger partial charge in [-0.05, 0) is 24.3 Å². The summed E-state index contributed by atoms with van der Waals surface area (Å²) >= 11 is 0. The highest BCUT2D eigenvalue weighted by Gasteiger charge is 2.07. The number of rotatable bonds is 7. The molecule has 0 unspecified atom stereocenters. The molecule has 9 heteroatoms. The van der Waals surface area contributed by atoms with Crippen molar-refractivity contribution in [2.24, 2.45) is 5.10 Å². The molecule has 0 atom stereocenters. The minimum atomic E-state index is -0.532. The number of non-ortho nitro benzene ring substituents is 1. The maximum atomic E-state index is 12.8. The number of amides is 2. The third-order valence-electron chi connectivity index (χ3n) is 3.19. The van der Waals surface area contributed by atoms with Gasteiger partial charge in [0.05, 0.1) is 11.1 Å². The monoisotopic (exact) mass is 358 g/mol. The number of nitrogens with zero attached hydrogens (tertiary/aromatic N) is 2. The Kier molecular flexibility index (Phi) is 6.49. The highest BCUT2D eigenvalue weighted by molar-refractivity contribution is 5.93. The van der Waals surface area contributed by atoms with E-state index in [2.05, 4.69) is 15.8 Å². The van der Waals surface area contributed by atoms with Crippen LogP contribution in [0.1, 0.15) is 18.4 Å². The standard InChI is InChI=1S/C17H15FN4O4/c18-13-4-6-14(7-5-13)20-16(23)8-9-17(24)21-19-11-12-2-1-3-15(10-12)22(25)26/h1-7,10-11H,8-9H2,(H,20,23)(H,21,24). The van der Waals surface area contributed by atoms with E-state index in [0.29, 0.717) is 11.3 Å². The summed E-state index contributed by atoms with van der Waals surface area (Å²) in [5.74, 6) is -1.29. The molecule has 2 N–H and O–H groups in total. The SMILES string of the molecule is O=C(CCC(=O)Nc1ccc(F)cc1)NN=Cc1cccc([N+](=O)[O-])c1. The molecule has 0 saturated carbocycles. The van der Waals surface area contributed by atoms with E-state index in [1.54, 1.807) is 6.07 Å². The van der Waals surface area contributed by atoms with Gasteiger partial charge in [0.15, 0.2) is 0 Å². The van der Waals surface area contributed by atoms with Crippen molar-refractivity contribution in [1.82, 2.24) is 5.43 Å². The second-order valence-electron chi connectivity index (χ2n) is 5.20. The minimum Gasteiger partial charge on any atom is -0.326 e. The summed E-state index contributed by atoms with van der Waals surface area (Å²) in [4.78, 5) is 33.5. The molecule has 0 radical (unpaired) electrons. The number of halogens is 1. The zero-order chi connectivity index (χ0) is 18.9. The van der Waals surface area contributed by atoms with E-state index < -0.39 is 22.6 Å². The topological polar surface area (TPSA) is 114 Å². The molecule has 134 valence electrons. The first kappa shape index (κ1) is 18.7. The average molecular weight is 358 g/mol. The van der Waals surface area contributed by atoms with Crippen molar-refractivity contribution >= 4 is 29.4 Å². The van der Waals surface area contributed by atoms with Crippen LogP contribution >= 0.6 is 0 Å². The van der Waals surface area contributed by atoms with Crippen LogP contribution in [0.2, 0.25) is 0 Å². The fourth-order valence-corrected chi connectivity index (χ4v) is 1.94. The van der Waals surface area contributed by atoms with Crippen molar-refractivity contribution in [3.63, 3.8) is 0 Å². The Morgan fingerprint density at radius 2 is 1.81 bits per heavy atom. The second-order valence-corrected chi connectivity index (χ2v) is 5.20. The lowest BCUT2D eigenvalue weighted by Crippen LogP contribution is -2.20. The van der Waals surface area contributed by atoms with Crippen LogP contribution in [-0.4, -0.2) is 23.0 Å². The van der Waals surface area contributed by atoms with E-state index in [-0.39, 0.29) is 18.5 Å². The summed E-state index contributed by atoms with van der Waals surface area (Å²) in [7, 11) is 0. The molecule has 26 heavy (non-hydrogen) atoms. The number of nitro benzene ring substituents is 1. The number of benzene rings is 2. The molecule has 0 saturated heterocycles. The molecule has 0 fully saturated rings. The van der Waals surface area contributed by atoms with Crippen LogP contribution in [0.15, 0.2) is 53.6 Å². The van der Waals surface area contributed by atoms with Crippen LogP contribution in [0.3, 0.4) is 0 Å². The molecule has 0 aliphatic heterocycles. The van der Waals surface area contributed by atoms with Gasteiger partial charge in [-0.25, -0.2) is 9.82 Å². The molecule has 2 aromatic rings. The summed E-state index contributed by atoms with van der Waals surface area (Å²) in [6.45, 7) is 0. The van der Waals surface area contributed by atoms with Crippen molar-refractivity contribution in [3.8, 4) is 0 Å². The lowest BCUT2D eigenvalue weighted by Gasteiger charge is -2.04. The lowest BCUT2D eigenvalue weighted by atomic mass is 10.2. The number of carbonyl (C=O) groups excluding carboxylic acids is 2. The Balaban J connectivity index is 1.76. The van der Waals surface area contributed by atoms with Gasteiger partial charge in [-0.3, -0.25) is 19.7 Å². The van der Waals surface area contributed by atoms with Gasteiger partial charge in [-0.15, -0.1) is 0 Å². The van der Waals surface area contributed by atoms with E-state index >= 15 is 0 Å². The van der Waals surface area contributed by atoms with Crippen LogP contribution in [0, 0.1) is 15.9 Å². The summed E-state index contributed by atoms with van der Waals surface area (Å²) < 4.78 is 12.8. The highest BCUT2D eigenvalue weighted by atomic mass is 19.1. The van der Waals surface area contributed by atoms with Crippen molar-refractivity contribution < 1.29 is 18.9 Å².